The van der Waals surface area contributed by atoms with Crippen LogP contribution < -0.4 is 0 Å². The minimum absolute atomic E-state index is 0.0248. The van der Waals surface area contributed by atoms with Gasteiger partial charge < -0.3 is 0 Å². The van der Waals surface area contributed by atoms with Gasteiger partial charge in [-0.1, -0.05) is 12.1 Å². The van der Waals surface area contributed by atoms with E-state index < -0.39 is 15.4 Å². The molecule has 0 fully saturated rings. The molecule has 0 aliphatic carbocycles. The van der Waals surface area contributed by atoms with Gasteiger partial charge in [-0.25, -0.2) is 0 Å². The average molecular weight is 221 g/mol. The molecule has 0 radical (unpaired) electrons. The maximum absolute atomic E-state index is 10.6. The molecule has 70 valence electrons. The number of carbonyl (C=O) groups excluding carboxylic acids is 1. The van der Waals surface area contributed by atoms with Gasteiger partial charge in [0.1, 0.15) is 0 Å². The van der Waals surface area contributed by atoms with Gasteiger partial charge in [-0.3, -0.25) is 9.35 Å². The van der Waals surface area contributed by atoms with Crippen molar-refractivity contribution >= 4 is 27.0 Å². The first-order valence-electron chi connectivity index (χ1n) is 3.18. The van der Waals surface area contributed by atoms with Crippen LogP contribution in [-0.2, 0) is 10.1 Å². The van der Waals surface area contributed by atoms with Crippen LogP contribution in [0.25, 0.3) is 0 Å². The molecule has 0 spiro atoms. The number of rotatable bonds is 2. The SMILES string of the molecule is O=C(Cl)c1cccc(S(=O)(=O)O)c1. The molecule has 13 heavy (non-hydrogen) atoms. The summed E-state index contributed by atoms with van der Waals surface area (Å²) in [5, 5.41) is -0.773. The second kappa shape index (κ2) is 3.45. The van der Waals surface area contributed by atoms with E-state index in [0.717, 1.165) is 6.07 Å². The first-order chi connectivity index (χ1) is 5.91. The zero-order chi connectivity index (χ0) is 10.1. The van der Waals surface area contributed by atoms with Crippen LogP contribution in [0.3, 0.4) is 0 Å². The van der Waals surface area contributed by atoms with E-state index in [1.165, 1.54) is 18.2 Å². The molecule has 0 atom stereocenters. The first-order valence-corrected chi connectivity index (χ1v) is 5.00. The quantitative estimate of drug-likeness (QED) is 0.603. The van der Waals surface area contributed by atoms with Gasteiger partial charge in [-0.05, 0) is 23.7 Å². The molecule has 0 saturated carbocycles. The van der Waals surface area contributed by atoms with Crippen LogP contribution in [-0.4, -0.2) is 18.2 Å². The molecule has 0 bridgehead atoms. The monoisotopic (exact) mass is 220 g/mol. The highest BCUT2D eigenvalue weighted by Gasteiger charge is 2.11. The topological polar surface area (TPSA) is 71.4 Å². The van der Waals surface area contributed by atoms with Crippen molar-refractivity contribution in [3.05, 3.63) is 29.8 Å². The van der Waals surface area contributed by atoms with E-state index in [1.54, 1.807) is 0 Å². The summed E-state index contributed by atoms with van der Waals surface area (Å²) in [6.45, 7) is 0. The molecular formula is C7H5ClO4S. The van der Waals surface area contributed by atoms with Crippen LogP contribution in [0.5, 0.6) is 0 Å². The van der Waals surface area contributed by atoms with E-state index in [4.69, 9.17) is 16.2 Å². The highest BCUT2D eigenvalue weighted by Crippen LogP contribution is 2.12. The van der Waals surface area contributed by atoms with Crippen molar-refractivity contribution in [3.8, 4) is 0 Å². The van der Waals surface area contributed by atoms with Crippen LogP contribution in [0.4, 0.5) is 0 Å². The predicted molar refractivity (Wildman–Crippen MR) is 46.4 cm³/mol. The van der Waals surface area contributed by atoms with E-state index >= 15 is 0 Å². The maximum atomic E-state index is 10.6. The fourth-order valence-corrected chi connectivity index (χ4v) is 1.42. The van der Waals surface area contributed by atoms with Crippen LogP contribution in [0.15, 0.2) is 29.2 Å². The minimum atomic E-state index is -4.27. The molecule has 0 aromatic heterocycles. The summed E-state index contributed by atoms with van der Waals surface area (Å²) in [4.78, 5) is 10.3. The normalized spacial score (nSPS) is 11.2. The van der Waals surface area contributed by atoms with Crippen molar-refractivity contribution in [1.82, 2.24) is 0 Å². The van der Waals surface area contributed by atoms with Crippen molar-refractivity contribution in [2.24, 2.45) is 0 Å². The smallest absolute Gasteiger partial charge is 0.282 e. The lowest BCUT2D eigenvalue weighted by molar-refractivity contribution is 0.108. The van der Waals surface area contributed by atoms with E-state index in [0.29, 0.717) is 0 Å². The van der Waals surface area contributed by atoms with Crippen molar-refractivity contribution in [2.75, 3.05) is 0 Å². The van der Waals surface area contributed by atoms with Gasteiger partial charge >= 0.3 is 0 Å². The van der Waals surface area contributed by atoms with Crippen molar-refractivity contribution in [1.29, 1.82) is 0 Å². The number of hydrogen-bond acceptors (Lipinski definition) is 3. The lowest BCUT2D eigenvalue weighted by atomic mass is 10.2. The van der Waals surface area contributed by atoms with Gasteiger partial charge in [0.25, 0.3) is 15.4 Å². The van der Waals surface area contributed by atoms with Crippen molar-refractivity contribution in [2.45, 2.75) is 4.90 Å². The average Bonchev–Trinajstić information content (AvgIpc) is 2.03. The largest absolute Gasteiger partial charge is 0.294 e. The molecule has 0 unspecified atom stereocenters. The molecule has 0 saturated heterocycles. The summed E-state index contributed by atoms with van der Waals surface area (Å²) < 4.78 is 29.8. The summed E-state index contributed by atoms with van der Waals surface area (Å²) >= 11 is 5.11. The summed E-state index contributed by atoms with van der Waals surface area (Å²) in [6, 6.07) is 4.84. The van der Waals surface area contributed by atoms with E-state index in [9.17, 15) is 13.2 Å². The maximum Gasteiger partial charge on any atom is 0.294 e. The van der Waals surface area contributed by atoms with Gasteiger partial charge in [-0.2, -0.15) is 8.42 Å². The van der Waals surface area contributed by atoms with Crippen LogP contribution in [0.2, 0.25) is 0 Å². The molecule has 1 aromatic rings. The lowest BCUT2D eigenvalue weighted by Gasteiger charge is -1.97. The third-order valence-electron chi connectivity index (χ3n) is 1.36. The standard InChI is InChI=1S/C7H5ClO4S/c8-7(9)5-2-1-3-6(4-5)13(10,11)12/h1-4H,(H,10,11,12). The van der Waals surface area contributed by atoms with Gasteiger partial charge in [0.2, 0.25) is 0 Å². The molecule has 4 nitrogen and oxygen atoms in total. The summed E-state index contributed by atoms with van der Waals surface area (Å²) in [5.74, 6) is 0. The summed E-state index contributed by atoms with van der Waals surface area (Å²) in [7, 11) is -4.27. The Hall–Kier alpha value is -0.910. The molecule has 6 heteroatoms. The summed E-state index contributed by atoms with van der Waals surface area (Å²) in [6.07, 6.45) is 0. The third-order valence-corrected chi connectivity index (χ3v) is 2.43. The number of halogens is 1. The van der Waals surface area contributed by atoms with E-state index in [2.05, 4.69) is 0 Å². The Kier molecular flexibility index (Phi) is 2.70. The Balaban J connectivity index is 3.29. The fourth-order valence-electron chi connectivity index (χ4n) is 0.779. The first kappa shape index (κ1) is 10.2. The van der Waals surface area contributed by atoms with Crippen molar-refractivity contribution < 1.29 is 17.8 Å². The Bertz CT molecular complexity index is 438. The Morgan fingerprint density at radius 2 is 2.00 bits per heavy atom. The third kappa shape index (κ3) is 2.51. The Morgan fingerprint density at radius 3 is 2.46 bits per heavy atom. The van der Waals surface area contributed by atoms with Gasteiger partial charge in [0, 0.05) is 5.56 Å². The zero-order valence-electron chi connectivity index (χ0n) is 6.27. The highest BCUT2D eigenvalue weighted by molar-refractivity contribution is 7.85. The van der Waals surface area contributed by atoms with E-state index in [-0.39, 0.29) is 10.5 Å². The second-order valence-corrected chi connectivity index (χ2v) is 4.04. The van der Waals surface area contributed by atoms with Crippen LogP contribution in [0.1, 0.15) is 10.4 Å². The van der Waals surface area contributed by atoms with E-state index in [1.807, 2.05) is 0 Å². The number of carbonyl (C=O) groups is 1. The van der Waals surface area contributed by atoms with Gasteiger partial charge in [-0.15, -0.1) is 0 Å². The van der Waals surface area contributed by atoms with Crippen LogP contribution >= 0.6 is 11.6 Å². The van der Waals surface area contributed by atoms with Gasteiger partial charge in [0.15, 0.2) is 0 Å². The molecule has 0 aliphatic heterocycles. The summed E-state index contributed by atoms with van der Waals surface area (Å²) in [5.41, 5.74) is 0.0248. The number of hydrogen-bond donors (Lipinski definition) is 1. The zero-order valence-corrected chi connectivity index (χ0v) is 7.84. The molecule has 0 amide bonds. The van der Waals surface area contributed by atoms with Crippen LogP contribution in [0, 0.1) is 0 Å². The molecular weight excluding hydrogens is 216 g/mol. The second-order valence-electron chi connectivity index (χ2n) is 2.28. The highest BCUT2D eigenvalue weighted by atomic mass is 35.5. The number of benzene rings is 1. The predicted octanol–water partition coefficient (Wildman–Crippen LogP) is 1.31. The minimum Gasteiger partial charge on any atom is -0.282 e. The van der Waals surface area contributed by atoms with Crippen molar-refractivity contribution in [3.63, 3.8) is 0 Å². The molecule has 1 rings (SSSR count). The lowest BCUT2D eigenvalue weighted by Crippen LogP contribution is -1.99. The molecule has 1 N–H and O–H groups in total. The molecule has 1 aromatic carbocycles. The fraction of sp³-hybridized carbons (Fsp3) is 0. The Morgan fingerprint density at radius 1 is 1.38 bits per heavy atom. The molecule has 0 heterocycles. The van der Waals surface area contributed by atoms with Gasteiger partial charge in [0.05, 0.1) is 4.90 Å². The molecule has 0 aliphatic rings. The Labute approximate surface area is 79.9 Å².